The van der Waals surface area contributed by atoms with E-state index in [4.69, 9.17) is 9.05 Å². The Morgan fingerprint density at radius 2 is 1.41 bits per heavy atom. The molecule has 0 aromatic rings. The number of carbonyl (C=O) groups excluding carboxylic acids is 1. The van der Waals surface area contributed by atoms with Gasteiger partial charge in [0.05, 0.1) is 39.9 Å². The van der Waals surface area contributed by atoms with E-state index in [1.807, 2.05) is 27.2 Å². The predicted octanol–water partition coefficient (Wildman–Crippen LogP) is 6.45. The van der Waals surface area contributed by atoms with E-state index < -0.39 is 20.0 Å². The number of phosphoric ester groups is 1. The van der Waals surface area contributed by atoms with Crippen molar-refractivity contribution in [3.8, 4) is 0 Å². The summed E-state index contributed by atoms with van der Waals surface area (Å²) in [4.78, 5) is 22.6. The molecule has 0 saturated carbocycles. The van der Waals surface area contributed by atoms with Crippen LogP contribution in [0.25, 0.3) is 0 Å². The first-order valence-electron chi connectivity index (χ1n) is 14.9. The summed E-state index contributed by atoms with van der Waals surface area (Å²) in [7, 11) is 1.53. The highest BCUT2D eigenvalue weighted by molar-refractivity contribution is 7.47. The molecule has 0 aromatic carbocycles. The molecule has 0 spiro atoms. The Hall–Kier alpha value is -1.28. The number of nitrogens with zero attached hydrogens (tertiary/aromatic N) is 1. The number of allylic oxidation sites excluding steroid dienone is 5. The zero-order valence-corrected chi connectivity index (χ0v) is 26.2. The number of amides is 1. The van der Waals surface area contributed by atoms with Crippen LogP contribution in [0.2, 0.25) is 0 Å². The normalized spacial score (nSPS) is 15.8. The Morgan fingerprint density at radius 1 is 0.846 bits per heavy atom. The number of hydrogen-bond donors (Lipinski definition) is 3. The lowest BCUT2D eigenvalue weighted by atomic mass is 10.1. The summed E-state index contributed by atoms with van der Waals surface area (Å²) in [5.41, 5.74) is 0. The second-order valence-corrected chi connectivity index (χ2v) is 12.6. The van der Waals surface area contributed by atoms with Crippen LogP contribution in [0.15, 0.2) is 36.5 Å². The largest absolute Gasteiger partial charge is 0.472 e. The van der Waals surface area contributed by atoms with E-state index in [0.29, 0.717) is 17.4 Å². The second kappa shape index (κ2) is 23.4. The molecule has 0 radical (unpaired) electrons. The lowest BCUT2D eigenvalue weighted by molar-refractivity contribution is -0.870. The third kappa shape index (κ3) is 25.4. The molecule has 3 N–H and O–H groups in total. The average Bonchev–Trinajstić information content (AvgIpc) is 2.86. The Balaban J connectivity index is 4.78. The highest BCUT2D eigenvalue weighted by Crippen LogP contribution is 2.43. The van der Waals surface area contributed by atoms with Gasteiger partial charge in [-0.25, -0.2) is 4.57 Å². The number of quaternary nitrogens is 1. The number of nitrogens with one attached hydrogen (secondary N) is 1. The zero-order valence-electron chi connectivity index (χ0n) is 25.4. The van der Waals surface area contributed by atoms with Gasteiger partial charge in [0, 0.05) is 6.42 Å². The fraction of sp³-hybridized carbons (Fsp3) is 0.767. The molecule has 0 aliphatic rings. The lowest BCUT2D eigenvalue weighted by Gasteiger charge is -2.25. The summed E-state index contributed by atoms with van der Waals surface area (Å²) in [5, 5.41) is 13.5. The first kappa shape index (κ1) is 37.7. The van der Waals surface area contributed by atoms with Gasteiger partial charge in [-0.05, 0) is 38.5 Å². The van der Waals surface area contributed by atoms with Crippen LogP contribution in [0.5, 0.6) is 0 Å². The van der Waals surface area contributed by atoms with E-state index in [0.717, 1.165) is 51.4 Å². The van der Waals surface area contributed by atoms with Crippen molar-refractivity contribution in [2.45, 2.75) is 109 Å². The monoisotopic (exact) mass is 573 g/mol. The van der Waals surface area contributed by atoms with Gasteiger partial charge in [0.1, 0.15) is 13.2 Å². The van der Waals surface area contributed by atoms with Gasteiger partial charge in [-0.2, -0.15) is 0 Å². The fourth-order valence-electron chi connectivity index (χ4n) is 3.61. The standard InChI is InChI=1S/C30H57N2O6P/c1-6-8-10-12-14-15-16-17-18-19-21-23-29(33)28(31-30(34)24-22-20-13-11-9-7-2)27-38-39(35,36)37-26-25-32(3,4)5/h10,12,16-17,21,23,28-29,33H,6-9,11,13-15,18-20,22,24-27H2,1-5H3,(H-,31,34,35,36)/p+1/b12-10+,17-16+,23-21+. The molecule has 0 bridgehead atoms. The van der Waals surface area contributed by atoms with Gasteiger partial charge in [-0.1, -0.05) is 88.8 Å². The van der Waals surface area contributed by atoms with E-state index in [1.165, 1.54) is 25.7 Å². The van der Waals surface area contributed by atoms with Crippen LogP contribution >= 0.6 is 7.82 Å². The molecule has 1 amide bonds. The molecule has 0 saturated heterocycles. The minimum absolute atomic E-state index is 0.0529. The van der Waals surface area contributed by atoms with E-state index >= 15 is 0 Å². The van der Waals surface area contributed by atoms with E-state index in [2.05, 4.69) is 43.5 Å². The van der Waals surface area contributed by atoms with E-state index in [9.17, 15) is 19.4 Å². The molecule has 8 nitrogen and oxygen atoms in total. The van der Waals surface area contributed by atoms with Crippen LogP contribution in [0, 0.1) is 0 Å². The number of phosphoric acid groups is 1. The number of aliphatic hydroxyl groups is 1. The van der Waals surface area contributed by atoms with Crippen LogP contribution in [-0.4, -0.2) is 73.4 Å². The fourth-order valence-corrected chi connectivity index (χ4v) is 4.34. The Bertz CT molecular complexity index is 748. The van der Waals surface area contributed by atoms with E-state index in [1.54, 1.807) is 6.08 Å². The maximum Gasteiger partial charge on any atom is 0.472 e. The summed E-state index contributed by atoms with van der Waals surface area (Å²) in [6.07, 6.45) is 23.8. The van der Waals surface area contributed by atoms with Crippen molar-refractivity contribution in [2.24, 2.45) is 0 Å². The van der Waals surface area contributed by atoms with Gasteiger partial charge in [-0.15, -0.1) is 0 Å². The summed E-state index contributed by atoms with van der Waals surface area (Å²) in [6, 6.07) is -0.859. The summed E-state index contributed by atoms with van der Waals surface area (Å²) in [5.74, 6) is -0.207. The molecule has 39 heavy (non-hydrogen) atoms. The van der Waals surface area contributed by atoms with Crippen molar-refractivity contribution in [1.82, 2.24) is 5.32 Å². The van der Waals surface area contributed by atoms with Crippen molar-refractivity contribution >= 4 is 13.7 Å². The number of aliphatic hydroxyl groups excluding tert-OH is 1. The van der Waals surface area contributed by atoms with Gasteiger partial charge < -0.3 is 19.8 Å². The molecule has 3 unspecified atom stereocenters. The first-order valence-corrected chi connectivity index (χ1v) is 16.4. The molecule has 0 aliphatic carbocycles. The molecule has 0 rings (SSSR count). The first-order chi connectivity index (χ1) is 18.5. The Labute approximate surface area is 238 Å². The van der Waals surface area contributed by atoms with Crippen molar-refractivity contribution in [1.29, 1.82) is 0 Å². The van der Waals surface area contributed by atoms with Gasteiger partial charge >= 0.3 is 7.82 Å². The summed E-state index contributed by atoms with van der Waals surface area (Å²) >= 11 is 0. The van der Waals surface area contributed by atoms with Gasteiger partial charge in [0.25, 0.3) is 0 Å². The smallest absolute Gasteiger partial charge is 0.387 e. The number of unbranched alkanes of at least 4 members (excludes halogenated alkanes) is 8. The van der Waals surface area contributed by atoms with Gasteiger partial charge in [0.15, 0.2) is 0 Å². The topological polar surface area (TPSA) is 105 Å². The number of hydrogen-bond acceptors (Lipinski definition) is 5. The summed E-state index contributed by atoms with van der Waals surface area (Å²) < 4.78 is 23.2. The maximum atomic E-state index is 12.5. The van der Waals surface area contributed by atoms with Crippen LogP contribution in [0.4, 0.5) is 0 Å². The molecule has 0 heterocycles. The molecule has 228 valence electrons. The SMILES string of the molecule is CCC/C=C/CC/C=C/CC/C=C/C(O)C(COP(=O)(O)OCC[N+](C)(C)C)NC(=O)CCCCCCCC. The Kier molecular flexibility index (Phi) is 22.7. The molecular formula is C30H58N2O6P+. The summed E-state index contributed by atoms with van der Waals surface area (Å²) in [6.45, 7) is 4.58. The number of carbonyl (C=O) groups is 1. The Morgan fingerprint density at radius 3 is 2.00 bits per heavy atom. The van der Waals surface area contributed by atoms with Crippen molar-refractivity contribution in [3.63, 3.8) is 0 Å². The van der Waals surface area contributed by atoms with Crippen molar-refractivity contribution in [3.05, 3.63) is 36.5 Å². The van der Waals surface area contributed by atoms with Gasteiger partial charge in [-0.3, -0.25) is 13.8 Å². The molecule has 0 fully saturated rings. The number of rotatable bonds is 25. The third-order valence-corrected chi connectivity index (χ3v) is 7.06. The highest BCUT2D eigenvalue weighted by Gasteiger charge is 2.27. The van der Waals surface area contributed by atoms with Crippen LogP contribution in [0.1, 0.15) is 97.3 Å². The molecule has 0 aromatic heterocycles. The average molecular weight is 574 g/mol. The number of likely N-dealkylation sites (N-methyl/N-ethyl adjacent to an activating group) is 1. The highest BCUT2D eigenvalue weighted by atomic mass is 31.2. The third-order valence-electron chi connectivity index (χ3n) is 6.07. The molecule has 3 atom stereocenters. The van der Waals surface area contributed by atoms with E-state index in [-0.39, 0.29) is 19.1 Å². The molecular weight excluding hydrogens is 515 g/mol. The maximum absolute atomic E-state index is 12.5. The second-order valence-electron chi connectivity index (χ2n) is 11.1. The van der Waals surface area contributed by atoms with Crippen molar-refractivity contribution < 1.29 is 32.9 Å². The minimum Gasteiger partial charge on any atom is -0.387 e. The quantitative estimate of drug-likeness (QED) is 0.0502. The van der Waals surface area contributed by atoms with Crippen LogP contribution < -0.4 is 5.32 Å². The zero-order chi connectivity index (χ0) is 29.4. The minimum atomic E-state index is -4.32. The lowest BCUT2D eigenvalue weighted by Crippen LogP contribution is -2.45. The van der Waals surface area contributed by atoms with Crippen LogP contribution in [0.3, 0.4) is 0 Å². The van der Waals surface area contributed by atoms with Crippen LogP contribution in [-0.2, 0) is 18.4 Å². The molecule has 9 heteroatoms. The van der Waals surface area contributed by atoms with Gasteiger partial charge in [0.2, 0.25) is 5.91 Å². The molecule has 0 aliphatic heterocycles. The van der Waals surface area contributed by atoms with Crippen molar-refractivity contribution in [2.75, 3.05) is 40.9 Å². The predicted molar refractivity (Wildman–Crippen MR) is 161 cm³/mol.